The van der Waals surface area contributed by atoms with Crippen LogP contribution in [0.5, 0.6) is 0 Å². The van der Waals surface area contributed by atoms with E-state index in [0.29, 0.717) is 31.9 Å². The molecule has 0 aliphatic rings. The number of carbonyl (C=O) groups excluding carboxylic acids is 1. The van der Waals surface area contributed by atoms with Crippen LogP contribution in [0.3, 0.4) is 0 Å². The van der Waals surface area contributed by atoms with E-state index in [1.165, 1.54) is 6.07 Å². The Balaban J connectivity index is 2.12. The highest BCUT2D eigenvalue weighted by molar-refractivity contribution is 9.10. The number of carbonyl (C=O) groups is 1. The fraction of sp³-hybridized carbons (Fsp3) is 0.571. The van der Waals surface area contributed by atoms with Crippen LogP contribution < -0.4 is 5.32 Å². The number of pyridine rings is 1. The van der Waals surface area contributed by atoms with E-state index in [2.05, 4.69) is 26.2 Å². The summed E-state index contributed by atoms with van der Waals surface area (Å²) in [6.45, 7) is 6.66. The van der Waals surface area contributed by atoms with Gasteiger partial charge >= 0.3 is 6.09 Å². The molecule has 1 N–H and O–H groups in total. The van der Waals surface area contributed by atoms with Crippen molar-refractivity contribution in [2.45, 2.75) is 39.4 Å². The van der Waals surface area contributed by atoms with Crippen LogP contribution in [0.4, 0.5) is 9.18 Å². The molecule has 0 aromatic carbocycles. The summed E-state index contributed by atoms with van der Waals surface area (Å²) in [6, 6.07) is 2.90. The Labute approximate surface area is 132 Å². The zero-order valence-corrected chi connectivity index (χ0v) is 14.0. The molecule has 0 aliphatic heterocycles. The quantitative estimate of drug-likeness (QED) is 0.622. The van der Waals surface area contributed by atoms with Crippen molar-refractivity contribution in [1.82, 2.24) is 10.3 Å². The van der Waals surface area contributed by atoms with Gasteiger partial charge in [-0.1, -0.05) is 0 Å². The average molecular weight is 363 g/mol. The van der Waals surface area contributed by atoms with Crippen LogP contribution in [0.25, 0.3) is 0 Å². The van der Waals surface area contributed by atoms with Crippen LogP contribution in [0.1, 0.15) is 32.9 Å². The van der Waals surface area contributed by atoms with Crippen LogP contribution >= 0.6 is 15.9 Å². The lowest BCUT2D eigenvalue weighted by Crippen LogP contribution is -2.33. The van der Waals surface area contributed by atoms with Gasteiger partial charge in [0.15, 0.2) is 5.82 Å². The van der Waals surface area contributed by atoms with Crippen LogP contribution in [0.15, 0.2) is 16.7 Å². The molecule has 5 nitrogen and oxygen atoms in total. The van der Waals surface area contributed by atoms with E-state index < -0.39 is 17.5 Å². The van der Waals surface area contributed by atoms with Crippen molar-refractivity contribution >= 4 is 22.0 Å². The predicted octanol–water partition coefficient (Wildman–Crippen LogP) is 3.41. The normalized spacial score (nSPS) is 11.3. The summed E-state index contributed by atoms with van der Waals surface area (Å²) in [5.41, 5.74) is 0.144. The van der Waals surface area contributed by atoms with Crippen LogP contribution in [0, 0.1) is 5.82 Å². The van der Waals surface area contributed by atoms with Gasteiger partial charge in [0.2, 0.25) is 0 Å². The summed E-state index contributed by atoms with van der Waals surface area (Å²) >= 11 is 3.02. The summed E-state index contributed by atoms with van der Waals surface area (Å²) in [5.74, 6) is -0.402. The molecule has 1 aromatic rings. The lowest BCUT2D eigenvalue weighted by Gasteiger charge is -2.19. The Kier molecular flexibility index (Phi) is 7.04. The third-order valence-electron chi connectivity index (χ3n) is 2.24. The number of alkyl carbamates (subject to hydrolysis) is 1. The fourth-order valence-corrected chi connectivity index (χ4v) is 1.75. The van der Waals surface area contributed by atoms with E-state index in [0.717, 1.165) is 0 Å². The first-order valence-electron chi connectivity index (χ1n) is 6.63. The zero-order valence-electron chi connectivity index (χ0n) is 12.4. The van der Waals surface area contributed by atoms with E-state index in [-0.39, 0.29) is 4.60 Å². The van der Waals surface area contributed by atoms with Crippen molar-refractivity contribution in [3.63, 3.8) is 0 Å². The molecular formula is C14H20BrFN2O3. The predicted molar refractivity (Wildman–Crippen MR) is 80.4 cm³/mol. The third kappa shape index (κ3) is 7.96. The van der Waals surface area contributed by atoms with Crippen molar-refractivity contribution in [3.8, 4) is 0 Å². The van der Waals surface area contributed by atoms with Crippen molar-refractivity contribution in [1.29, 1.82) is 0 Å². The van der Waals surface area contributed by atoms with Crippen molar-refractivity contribution in [2.24, 2.45) is 0 Å². The van der Waals surface area contributed by atoms with Gasteiger partial charge in [0, 0.05) is 13.2 Å². The Morgan fingerprint density at radius 2 is 2.14 bits per heavy atom. The molecule has 0 saturated carbocycles. The maximum absolute atomic E-state index is 13.0. The molecular weight excluding hydrogens is 343 g/mol. The first-order valence-corrected chi connectivity index (χ1v) is 7.43. The monoisotopic (exact) mass is 362 g/mol. The van der Waals surface area contributed by atoms with Gasteiger partial charge in [-0.2, -0.15) is 0 Å². The highest BCUT2D eigenvalue weighted by atomic mass is 79.9. The smallest absolute Gasteiger partial charge is 0.407 e. The molecule has 0 unspecified atom stereocenters. The molecule has 1 rings (SSSR count). The first kappa shape index (κ1) is 17.8. The van der Waals surface area contributed by atoms with Gasteiger partial charge in [0.25, 0.3) is 0 Å². The summed E-state index contributed by atoms with van der Waals surface area (Å²) in [7, 11) is 0. The first-order chi connectivity index (χ1) is 9.78. The molecule has 0 aliphatic carbocycles. The van der Waals surface area contributed by atoms with Crippen molar-refractivity contribution in [3.05, 3.63) is 28.2 Å². The highest BCUT2D eigenvalue weighted by Crippen LogP contribution is 2.12. The van der Waals surface area contributed by atoms with Gasteiger partial charge in [-0.25, -0.2) is 14.2 Å². The molecule has 0 saturated heterocycles. The molecule has 1 amide bonds. The highest BCUT2D eigenvalue weighted by Gasteiger charge is 2.15. The topological polar surface area (TPSA) is 60.5 Å². The fourth-order valence-electron chi connectivity index (χ4n) is 1.39. The van der Waals surface area contributed by atoms with E-state index in [4.69, 9.17) is 9.47 Å². The van der Waals surface area contributed by atoms with Gasteiger partial charge < -0.3 is 14.8 Å². The number of hydrogen-bond acceptors (Lipinski definition) is 4. The van der Waals surface area contributed by atoms with Crippen molar-refractivity contribution in [2.75, 3.05) is 13.2 Å². The maximum atomic E-state index is 13.0. The second-order valence-corrected chi connectivity index (χ2v) is 6.16. The van der Waals surface area contributed by atoms with Crippen molar-refractivity contribution < 1.29 is 18.7 Å². The summed E-state index contributed by atoms with van der Waals surface area (Å²) < 4.78 is 23.7. The molecule has 1 aromatic heterocycles. The molecule has 0 fully saturated rings. The Morgan fingerprint density at radius 1 is 1.43 bits per heavy atom. The molecule has 0 radical (unpaired) electrons. The summed E-state index contributed by atoms with van der Waals surface area (Å²) in [6.07, 6.45) is 0.216. The minimum Gasteiger partial charge on any atom is -0.444 e. The van der Waals surface area contributed by atoms with E-state index in [1.807, 2.05) is 20.8 Å². The molecule has 0 atom stereocenters. The number of rotatable bonds is 6. The van der Waals surface area contributed by atoms with E-state index in [9.17, 15) is 9.18 Å². The number of nitrogens with one attached hydrogen (secondary N) is 1. The van der Waals surface area contributed by atoms with Gasteiger partial charge in [-0.15, -0.1) is 0 Å². The van der Waals surface area contributed by atoms with E-state index in [1.54, 1.807) is 6.07 Å². The number of amides is 1. The number of nitrogens with zero attached hydrogens (tertiary/aromatic N) is 1. The van der Waals surface area contributed by atoms with Crippen LogP contribution in [-0.4, -0.2) is 29.8 Å². The molecule has 118 valence electrons. The molecule has 0 spiro atoms. The minimum atomic E-state index is -0.498. The number of halogens is 2. The SMILES string of the molecule is CC(C)(C)OC(=O)NCCCOCc1ccc(F)c(Br)n1. The summed E-state index contributed by atoms with van der Waals surface area (Å²) in [5, 5.41) is 2.64. The number of aromatic nitrogens is 1. The Hall–Kier alpha value is -1.21. The Morgan fingerprint density at radius 3 is 2.76 bits per heavy atom. The Bertz CT molecular complexity index is 478. The molecule has 0 bridgehead atoms. The van der Waals surface area contributed by atoms with Gasteiger partial charge in [0.05, 0.1) is 12.3 Å². The minimum absolute atomic E-state index is 0.176. The number of ether oxygens (including phenoxy) is 2. The van der Waals surface area contributed by atoms with Gasteiger partial charge in [-0.3, -0.25) is 0 Å². The third-order valence-corrected chi connectivity index (χ3v) is 2.80. The molecule has 7 heteroatoms. The van der Waals surface area contributed by atoms with Crippen LogP contribution in [0.2, 0.25) is 0 Å². The molecule has 1 heterocycles. The van der Waals surface area contributed by atoms with E-state index >= 15 is 0 Å². The lowest BCUT2D eigenvalue weighted by atomic mass is 10.2. The second-order valence-electron chi connectivity index (χ2n) is 5.41. The maximum Gasteiger partial charge on any atom is 0.407 e. The summed E-state index contributed by atoms with van der Waals surface area (Å²) in [4.78, 5) is 15.3. The standard InChI is InChI=1S/C14H20BrFN2O3/c1-14(2,3)21-13(19)17-7-4-8-20-9-10-5-6-11(16)12(15)18-10/h5-6H,4,7-9H2,1-3H3,(H,17,19). The van der Waals surface area contributed by atoms with Gasteiger partial charge in [-0.05, 0) is 55.3 Å². The molecule has 21 heavy (non-hydrogen) atoms. The average Bonchev–Trinajstić information content (AvgIpc) is 2.35. The lowest BCUT2D eigenvalue weighted by molar-refractivity contribution is 0.0517. The largest absolute Gasteiger partial charge is 0.444 e. The number of hydrogen-bond donors (Lipinski definition) is 1. The second kappa shape index (κ2) is 8.29. The van der Waals surface area contributed by atoms with Crippen LogP contribution in [-0.2, 0) is 16.1 Å². The zero-order chi connectivity index (χ0) is 15.9. The van der Waals surface area contributed by atoms with Gasteiger partial charge in [0.1, 0.15) is 10.2 Å².